The molecule has 100 valence electrons. The fourth-order valence-electron chi connectivity index (χ4n) is 2.12. The molecule has 0 fully saturated rings. The second-order valence-electron chi connectivity index (χ2n) is 4.52. The first-order valence-corrected chi connectivity index (χ1v) is 7.15. The van der Waals surface area contributed by atoms with Gasteiger partial charge in [-0.25, -0.2) is 9.97 Å². The van der Waals surface area contributed by atoms with Crippen LogP contribution in [0.2, 0.25) is 10.2 Å². The summed E-state index contributed by atoms with van der Waals surface area (Å²) in [5.41, 5.74) is 2.84. The van der Waals surface area contributed by atoms with Crippen LogP contribution in [0.25, 0.3) is 22.3 Å². The lowest BCUT2D eigenvalue weighted by atomic mass is 10.1. The van der Waals surface area contributed by atoms with Gasteiger partial charge < -0.3 is 0 Å². The number of aromatic nitrogens is 2. The maximum atomic E-state index is 6.30. The largest absolute Gasteiger partial charge is 0.228 e. The summed E-state index contributed by atoms with van der Waals surface area (Å²) in [6.45, 7) is 2.11. The fraction of sp³-hybridized carbons (Fsp3) is 0.125. The quantitative estimate of drug-likeness (QED) is 0.611. The van der Waals surface area contributed by atoms with Gasteiger partial charge in [0, 0.05) is 10.9 Å². The zero-order chi connectivity index (χ0) is 14.1. The van der Waals surface area contributed by atoms with Crippen molar-refractivity contribution in [1.82, 2.24) is 9.97 Å². The molecule has 2 aromatic carbocycles. The number of fused-ring (bicyclic) bond motifs is 1. The van der Waals surface area contributed by atoms with Gasteiger partial charge in [0.25, 0.3) is 0 Å². The maximum Gasteiger partial charge on any atom is 0.162 e. The molecule has 0 aliphatic rings. The van der Waals surface area contributed by atoms with Crippen LogP contribution in [0.1, 0.15) is 12.5 Å². The van der Waals surface area contributed by atoms with E-state index in [1.807, 2.05) is 36.4 Å². The number of rotatable bonds is 2. The maximum absolute atomic E-state index is 6.30. The van der Waals surface area contributed by atoms with Crippen molar-refractivity contribution in [3.8, 4) is 11.4 Å². The van der Waals surface area contributed by atoms with Crippen molar-refractivity contribution in [3.63, 3.8) is 0 Å². The minimum absolute atomic E-state index is 0.459. The highest BCUT2D eigenvalue weighted by molar-refractivity contribution is 6.35. The topological polar surface area (TPSA) is 25.8 Å². The second-order valence-corrected chi connectivity index (χ2v) is 5.29. The van der Waals surface area contributed by atoms with Crippen LogP contribution < -0.4 is 0 Å². The van der Waals surface area contributed by atoms with Gasteiger partial charge in [0.1, 0.15) is 5.15 Å². The van der Waals surface area contributed by atoms with Crippen molar-refractivity contribution in [3.05, 3.63) is 58.2 Å². The standard InChI is InChI=1S/C16H12Cl2N2/c1-2-10-7-8-14-12(9-10)15(18)20-16(19-14)11-5-3-4-6-13(11)17/h3-9H,2H2,1H3. The smallest absolute Gasteiger partial charge is 0.162 e. The first-order valence-electron chi connectivity index (χ1n) is 6.40. The summed E-state index contributed by atoms with van der Waals surface area (Å²) in [6.07, 6.45) is 0.957. The first kappa shape index (κ1) is 13.3. The van der Waals surface area contributed by atoms with Crippen LogP contribution in [0.5, 0.6) is 0 Å². The monoisotopic (exact) mass is 302 g/mol. The molecule has 3 aromatic rings. The molecule has 0 bridgehead atoms. The second kappa shape index (κ2) is 5.39. The SMILES string of the molecule is CCc1ccc2nc(-c3ccccc3Cl)nc(Cl)c2c1. The number of hydrogen-bond acceptors (Lipinski definition) is 2. The predicted octanol–water partition coefficient (Wildman–Crippen LogP) is 5.17. The highest BCUT2D eigenvalue weighted by Crippen LogP contribution is 2.29. The Bertz CT molecular complexity index is 785. The summed E-state index contributed by atoms with van der Waals surface area (Å²) in [5, 5.41) is 1.95. The molecule has 0 aliphatic carbocycles. The Hall–Kier alpha value is -1.64. The zero-order valence-corrected chi connectivity index (χ0v) is 12.4. The van der Waals surface area contributed by atoms with E-state index in [1.165, 1.54) is 5.56 Å². The molecule has 3 rings (SSSR count). The van der Waals surface area contributed by atoms with Crippen LogP contribution in [0, 0.1) is 0 Å². The Morgan fingerprint density at radius 2 is 1.80 bits per heavy atom. The number of aryl methyl sites for hydroxylation is 1. The van der Waals surface area contributed by atoms with Crippen molar-refractivity contribution in [2.75, 3.05) is 0 Å². The van der Waals surface area contributed by atoms with Crippen molar-refractivity contribution in [2.24, 2.45) is 0 Å². The van der Waals surface area contributed by atoms with E-state index in [-0.39, 0.29) is 0 Å². The molecule has 0 unspecified atom stereocenters. The third kappa shape index (κ3) is 2.37. The molecule has 0 amide bonds. The highest BCUT2D eigenvalue weighted by Gasteiger charge is 2.10. The van der Waals surface area contributed by atoms with Gasteiger partial charge in [-0.1, -0.05) is 48.3 Å². The van der Waals surface area contributed by atoms with Gasteiger partial charge in [0.2, 0.25) is 0 Å². The average Bonchev–Trinajstić information content (AvgIpc) is 2.47. The normalized spacial score (nSPS) is 10.9. The van der Waals surface area contributed by atoms with E-state index in [4.69, 9.17) is 23.2 Å². The van der Waals surface area contributed by atoms with Crippen LogP contribution in [0.15, 0.2) is 42.5 Å². The molecule has 0 spiro atoms. The van der Waals surface area contributed by atoms with E-state index < -0.39 is 0 Å². The molecule has 4 heteroatoms. The van der Waals surface area contributed by atoms with Gasteiger partial charge in [0.05, 0.1) is 10.5 Å². The highest BCUT2D eigenvalue weighted by atomic mass is 35.5. The Morgan fingerprint density at radius 3 is 2.55 bits per heavy atom. The minimum Gasteiger partial charge on any atom is -0.228 e. The van der Waals surface area contributed by atoms with E-state index >= 15 is 0 Å². The zero-order valence-electron chi connectivity index (χ0n) is 10.9. The number of halogens is 2. The third-order valence-corrected chi connectivity index (χ3v) is 3.85. The molecule has 20 heavy (non-hydrogen) atoms. The Kier molecular flexibility index (Phi) is 3.60. The van der Waals surface area contributed by atoms with Crippen LogP contribution in [-0.4, -0.2) is 9.97 Å². The van der Waals surface area contributed by atoms with E-state index in [1.54, 1.807) is 0 Å². The van der Waals surface area contributed by atoms with E-state index in [0.717, 1.165) is 22.9 Å². The summed E-state index contributed by atoms with van der Waals surface area (Å²) in [7, 11) is 0. The van der Waals surface area contributed by atoms with Gasteiger partial charge in [-0.3, -0.25) is 0 Å². The van der Waals surface area contributed by atoms with Crippen LogP contribution in [0.3, 0.4) is 0 Å². The molecule has 0 aliphatic heterocycles. The van der Waals surface area contributed by atoms with Crippen LogP contribution >= 0.6 is 23.2 Å². The van der Waals surface area contributed by atoms with Crippen molar-refractivity contribution in [1.29, 1.82) is 0 Å². The molecule has 1 aromatic heterocycles. The van der Waals surface area contributed by atoms with Crippen LogP contribution in [-0.2, 0) is 6.42 Å². The Balaban J connectivity index is 2.23. The Labute approximate surface area is 127 Å². The Morgan fingerprint density at radius 1 is 1.00 bits per heavy atom. The number of nitrogens with zero attached hydrogens (tertiary/aromatic N) is 2. The average molecular weight is 303 g/mol. The minimum atomic E-state index is 0.459. The number of benzene rings is 2. The summed E-state index contributed by atoms with van der Waals surface area (Å²) in [4.78, 5) is 8.94. The van der Waals surface area contributed by atoms with Gasteiger partial charge >= 0.3 is 0 Å². The van der Waals surface area contributed by atoms with Crippen LogP contribution in [0.4, 0.5) is 0 Å². The van der Waals surface area contributed by atoms with Gasteiger partial charge in [-0.05, 0) is 36.2 Å². The van der Waals surface area contributed by atoms with Crippen molar-refractivity contribution >= 4 is 34.1 Å². The molecule has 0 saturated heterocycles. The van der Waals surface area contributed by atoms with Crippen molar-refractivity contribution in [2.45, 2.75) is 13.3 Å². The summed E-state index contributed by atoms with van der Waals surface area (Å²) >= 11 is 12.5. The van der Waals surface area contributed by atoms with E-state index in [2.05, 4.69) is 23.0 Å². The van der Waals surface area contributed by atoms with Gasteiger partial charge in [0.15, 0.2) is 5.82 Å². The lowest BCUT2D eigenvalue weighted by Crippen LogP contribution is -1.93. The molecular formula is C16H12Cl2N2. The lowest BCUT2D eigenvalue weighted by molar-refractivity contribution is 1.14. The fourth-order valence-corrected chi connectivity index (χ4v) is 2.57. The third-order valence-electron chi connectivity index (χ3n) is 3.24. The molecule has 0 N–H and O–H groups in total. The van der Waals surface area contributed by atoms with E-state index in [0.29, 0.717) is 16.0 Å². The van der Waals surface area contributed by atoms with E-state index in [9.17, 15) is 0 Å². The molecule has 0 radical (unpaired) electrons. The van der Waals surface area contributed by atoms with Gasteiger partial charge in [-0.2, -0.15) is 0 Å². The van der Waals surface area contributed by atoms with Gasteiger partial charge in [-0.15, -0.1) is 0 Å². The molecular weight excluding hydrogens is 291 g/mol. The summed E-state index contributed by atoms with van der Waals surface area (Å²) in [6, 6.07) is 13.6. The first-order chi connectivity index (χ1) is 9.69. The molecule has 0 atom stereocenters. The molecule has 1 heterocycles. The summed E-state index contributed by atoms with van der Waals surface area (Å²) < 4.78 is 0. The lowest BCUT2D eigenvalue weighted by Gasteiger charge is -2.07. The molecule has 2 nitrogen and oxygen atoms in total. The number of hydrogen-bond donors (Lipinski definition) is 0. The predicted molar refractivity (Wildman–Crippen MR) is 84.4 cm³/mol. The summed E-state index contributed by atoms with van der Waals surface area (Å²) in [5.74, 6) is 0.553. The molecule has 0 saturated carbocycles. The van der Waals surface area contributed by atoms with Crippen molar-refractivity contribution < 1.29 is 0 Å².